The van der Waals surface area contributed by atoms with Gasteiger partial charge in [-0.3, -0.25) is 9.69 Å². The maximum absolute atomic E-state index is 13.2. The largest absolute Gasteiger partial charge is 0.416 e. The Morgan fingerprint density at radius 3 is 2.54 bits per heavy atom. The van der Waals surface area contributed by atoms with E-state index >= 15 is 0 Å². The SMILES string of the molecule is Cc1c(C(=O)Nc2ccc(N3CCN(CCO)CC3)c(C#N)c2)cnn1-c1cc(C(F)(F)F)ccc1Cl. The number of aliphatic hydroxyl groups excluding tert-OH is 1. The fourth-order valence-electron chi connectivity index (χ4n) is 4.26. The lowest BCUT2D eigenvalue weighted by Gasteiger charge is -2.36. The first kappa shape index (κ1) is 26.5. The molecule has 0 bridgehead atoms. The van der Waals surface area contributed by atoms with Gasteiger partial charge in [-0.25, -0.2) is 4.68 Å². The maximum Gasteiger partial charge on any atom is 0.416 e. The number of nitrogens with zero attached hydrogens (tertiary/aromatic N) is 5. The van der Waals surface area contributed by atoms with E-state index < -0.39 is 17.6 Å². The Kier molecular flexibility index (Phi) is 7.73. The second-order valence-corrected chi connectivity index (χ2v) is 8.98. The van der Waals surface area contributed by atoms with Crippen LogP contribution in [0.2, 0.25) is 5.02 Å². The lowest BCUT2D eigenvalue weighted by atomic mass is 10.1. The van der Waals surface area contributed by atoms with Crippen LogP contribution < -0.4 is 10.2 Å². The number of carbonyl (C=O) groups excluding carboxylic acids is 1. The van der Waals surface area contributed by atoms with E-state index in [0.717, 1.165) is 37.0 Å². The second-order valence-electron chi connectivity index (χ2n) is 8.57. The molecule has 0 atom stereocenters. The van der Waals surface area contributed by atoms with Crippen molar-refractivity contribution >= 4 is 28.9 Å². The van der Waals surface area contributed by atoms with Gasteiger partial charge < -0.3 is 15.3 Å². The zero-order valence-corrected chi connectivity index (χ0v) is 20.6. The summed E-state index contributed by atoms with van der Waals surface area (Å²) >= 11 is 6.13. The first-order valence-electron chi connectivity index (χ1n) is 11.5. The predicted molar refractivity (Wildman–Crippen MR) is 133 cm³/mol. The van der Waals surface area contributed by atoms with Crippen molar-refractivity contribution in [2.24, 2.45) is 0 Å². The van der Waals surface area contributed by atoms with Crippen molar-refractivity contribution in [3.63, 3.8) is 0 Å². The van der Waals surface area contributed by atoms with E-state index in [1.165, 1.54) is 10.9 Å². The van der Waals surface area contributed by atoms with E-state index in [0.29, 0.717) is 36.6 Å². The lowest BCUT2D eigenvalue weighted by molar-refractivity contribution is -0.137. The summed E-state index contributed by atoms with van der Waals surface area (Å²) in [4.78, 5) is 17.2. The molecule has 2 aromatic carbocycles. The zero-order chi connectivity index (χ0) is 26.7. The number of rotatable bonds is 6. The number of aliphatic hydroxyl groups is 1. The summed E-state index contributed by atoms with van der Waals surface area (Å²) in [5, 5.41) is 25.7. The molecule has 1 fully saturated rings. The van der Waals surface area contributed by atoms with Crippen LogP contribution >= 0.6 is 11.6 Å². The fraction of sp³-hybridized carbons (Fsp3) is 0.320. The number of nitriles is 1. The summed E-state index contributed by atoms with van der Waals surface area (Å²) in [5.74, 6) is -0.527. The third kappa shape index (κ3) is 5.72. The summed E-state index contributed by atoms with van der Waals surface area (Å²) in [6.07, 6.45) is -3.30. The van der Waals surface area contributed by atoms with Crippen molar-refractivity contribution in [2.45, 2.75) is 13.1 Å². The summed E-state index contributed by atoms with van der Waals surface area (Å²) in [6.45, 7) is 5.21. The molecule has 0 saturated carbocycles. The van der Waals surface area contributed by atoms with Crippen molar-refractivity contribution in [1.82, 2.24) is 14.7 Å². The molecule has 37 heavy (non-hydrogen) atoms. The van der Waals surface area contributed by atoms with Crippen molar-refractivity contribution in [3.8, 4) is 11.8 Å². The van der Waals surface area contributed by atoms with Gasteiger partial charge in [0.15, 0.2) is 0 Å². The molecule has 0 radical (unpaired) electrons. The second kappa shape index (κ2) is 10.8. The molecule has 1 aliphatic rings. The van der Waals surface area contributed by atoms with Crippen LogP contribution in [0.25, 0.3) is 5.69 Å². The van der Waals surface area contributed by atoms with Crippen LogP contribution in [0.3, 0.4) is 0 Å². The monoisotopic (exact) mass is 532 g/mol. The van der Waals surface area contributed by atoms with Crippen LogP contribution in [0.1, 0.15) is 27.2 Å². The molecular formula is C25H24ClF3N6O2. The number of aromatic nitrogens is 2. The molecular weight excluding hydrogens is 509 g/mol. The number of anilines is 2. The first-order valence-corrected chi connectivity index (χ1v) is 11.9. The van der Waals surface area contributed by atoms with Gasteiger partial charge in [0.1, 0.15) is 6.07 Å². The highest BCUT2D eigenvalue weighted by molar-refractivity contribution is 6.32. The van der Waals surface area contributed by atoms with Gasteiger partial charge in [0.25, 0.3) is 5.91 Å². The van der Waals surface area contributed by atoms with Gasteiger partial charge in [-0.15, -0.1) is 0 Å². The minimum absolute atomic E-state index is 0.00301. The third-order valence-corrected chi connectivity index (χ3v) is 6.58. The molecule has 8 nitrogen and oxygen atoms in total. The van der Waals surface area contributed by atoms with Crippen LogP contribution in [-0.4, -0.2) is 65.0 Å². The number of benzene rings is 2. The summed E-state index contributed by atoms with van der Waals surface area (Å²) in [7, 11) is 0. The molecule has 12 heteroatoms. The summed E-state index contributed by atoms with van der Waals surface area (Å²) in [6, 6.07) is 10.1. The Labute approximate surface area is 216 Å². The van der Waals surface area contributed by atoms with Gasteiger partial charge in [0, 0.05) is 38.4 Å². The molecule has 2 N–H and O–H groups in total. The van der Waals surface area contributed by atoms with E-state index in [1.54, 1.807) is 25.1 Å². The zero-order valence-electron chi connectivity index (χ0n) is 19.9. The fourth-order valence-corrected chi connectivity index (χ4v) is 4.46. The van der Waals surface area contributed by atoms with E-state index in [9.17, 15) is 23.2 Å². The van der Waals surface area contributed by atoms with Crippen molar-refractivity contribution in [2.75, 3.05) is 49.5 Å². The van der Waals surface area contributed by atoms with Crippen LogP contribution in [0.4, 0.5) is 24.5 Å². The summed E-state index contributed by atoms with van der Waals surface area (Å²) in [5.41, 5.74) is 1.13. The average Bonchev–Trinajstić information content (AvgIpc) is 3.25. The number of hydrogen-bond donors (Lipinski definition) is 2. The number of alkyl halides is 3. The Morgan fingerprint density at radius 1 is 1.16 bits per heavy atom. The third-order valence-electron chi connectivity index (χ3n) is 6.26. The number of piperazine rings is 1. The minimum Gasteiger partial charge on any atom is -0.395 e. The highest BCUT2D eigenvalue weighted by atomic mass is 35.5. The van der Waals surface area contributed by atoms with E-state index in [1.807, 2.05) is 0 Å². The normalized spacial score (nSPS) is 14.5. The van der Waals surface area contributed by atoms with Crippen LogP contribution in [0, 0.1) is 18.3 Å². The molecule has 2 heterocycles. The lowest BCUT2D eigenvalue weighted by Crippen LogP contribution is -2.47. The van der Waals surface area contributed by atoms with Gasteiger partial charge >= 0.3 is 6.18 Å². The molecule has 0 unspecified atom stereocenters. The molecule has 4 rings (SSSR count). The van der Waals surface area contributed by atoms with Crippen molar-refractivity contribution < 1.29 is 23.1 Å². The van der Waals surface area contributed by atoms with Crippen LogP contribution in [-0.2, 0) is 6.18 Å². The van der Waals surface area contributed by atoms with Crippen molar-refractivity contribution in [3.05, 3.63) is 70.0 Å². The van der Waals surface area contributed by atoms with Crippen LogP contribution in [0.5, 0.6) is 0 Å². The predicted octanol–water partition coefficient (Wildman–Crippen LogP) is 4.09. The average molecular weight is 533 g/mol. The van der Waals surface area contributed by atoms with Gasteiger partial charge in [0.2, 0.25) is 0 Å². The van der Waals surface area contributed by atoms with Crippen molar-refractivity contribution in [1.29, 1.82) is 5.26 Å². The topological polar surface area (TPSA) is 97.4 Å². The number of nitrogens with one attached hydrogen (secondary N) is 1. The first-order chi connectivity index (χ1) is 17.6. The quantitative estimate of drug-likeness (QED) is 0.496. The Balaban J connectivity index is 1.52. The van der Waals surface area contributed by atoms with Gasteiger partial charge in [-0.2, -0.15) is 23.5 Å². The van der Waals surface area contributed by atoms with E-state index in [4.69, 9.17) is 16.7 Å². The summed E-state index contributed by atoms with van der Waals surface area (Å²) < 4.78 is 40.7. The molecule has 0 spiro atoms. The van der Waals surface area contributed by atoms with Gasteiger partial charge in [-0.05, 0) is 43.3 Å². The van der Waals surface area contributed by atoms with E-state index in [2.05, 4.69) is 26.3 Å². The smallest absolute Gasteiger partial charge is 0.395 e. The van der Waals surface area contributed by atoms with Gasteiger partial charge in [0.05, 0.1) is 51.6 Å². The number of amides is 1. The molecule has 0 aliphatic carbocycles. The minimum atomic E-state index is -4.56. The number of carbonyl (C=O) groups is 1. The standard InChI is InChI=1S/C25H24ClF3N6O2/c1-16-20(15-31-35(16)23-13-18(25(27,28)29)2-4-21(23)26)24(37)32-19-3-5-22(17(12-19)14-30)34-8-6-33(7-9-34)10-11-36/h2-5,12-13,15,36H,6-11H2,1H3,(H,32,37). The Morgan fingerprint density at radius 2 is 1.89 bits per heavy atom. The number of halogens is 4. The number of hydrogen-bond acceptors (Lipinski definition) is 6. The Hall–Kier alpha value is -3.59. The molecule has 1 saturated heterocycles. The molecule has 1 aliphatic heterocycles. The molecule has 3 aromatic rings. The number of β-amino-alcohol motifs (C(OH)–C–C–N with tert-alkyl or cyclic N) is 1. The highest BCUT2D eigenvalue weighted by Gasteiger charge is 2.31. The highest BCUT2D eigenvalue weighted by Crippen LogP contribution is 2.33. The maximum atomic E-state index is 13.2. The molecule has 1 amide bonds. The van der Waals surface area contributed by atoms with Gasteiger partial charge in [-0.1, -0.05) is 11.6 Å². The molecule has 194 valence electrons. The van der Waals surface area contributed by atoms with Crippen LogP contribution in [0.15, 0.2) is 42.6 Å². The molecule has 1 aromatic heterocycles. The Bertz CT molecular complexity index is 1340. The van der Waals surface area contributed by atoms with E-state index in [-0.39, 0.29) is 22.9 Å².